The molecule has 0 bridgehead atoms. The fraction of sp³-hybridized carbons (Fsp3) is 0.455. The Morgan fingerprint density at radius 2 is 2.26 bits per heavy atom. The molecule has 6 nitrogen and oxygen atoms in total. The van der Waals surface area contributed by atoms with E-state index in [0.717, 1.165) is 0 Å². The first-order chi connectivity index (χ1) is 8.97. The average Bonchev–Trinajstić information content (AvgIpc) is 2.38. The van der Waals surface area contributed by atoms with E-state index in [1.165, 1.54) is 18.3 Å². The summed E-state index contributed by atoms with van der Waals surface area (Å²) in [5.74, 6) is 0. The third-order valence-electron chi connectivity index (χ3n) is 2.26. The average molecular weight is 303 g/mol. The van der Waals surface area contributed by atoms with E-state index < -0.39 is 10.0 Å². The second-order valence-corrected chi connectivity index (χ2v) is 5.90. The number of pyridine rings is 1. The molecule has 1 heterocycles. The molecule has 0 saturated carbocycles. The molecule has 0 radical (unpaired) electrons. The lowest BCUT2D eigenvalue weighted by atomic mass is 10.3. The minimum atomic E-state index is -3.54. The molecule has 8 heteroatoms. The first-order valence-corrected chi connectivity index (χ1v) is 7.69. The SMILES string of the molecule is CCOCCCNS(=O)(=O)c1ccc(C(N)=S)nc1. The van der Waals surface area contributed by atoms with Crippen LogP contribution in [0.1, 0.15) is 19.0 Å². The van der Waals surface area contributed by atoms with Crippen molar-refractivity contribution in [3.63, 3.8) is 0 Å². The van der Waals surface area contributed by atoms with Crippen molar-refractivity contribution in [2.24, 2.45) is 5.73 Å². The number of nitrogens with one attached hydrogen (secondary N) is 1. The fourth-order valence-electron chi connectivity index (χ4n) is 1.29. The van der Waals surface area contributed by atoms with E-state index in [4.69, 9.17) is 22.7 Å². The number of nitrogens with two attached hydrogens (primary N) is 1. The lowest BCUT2D eigenvalue weighted by molar-refractivity contribution is 0.146. The van der Waals surface area contributed by atoms with Gasteiger partial charge in [0.05, 0.1) is 5.69 Å². The molecular weight excluding hydrogens is 286 g/mol. The molecule has 1 aromatic heterocycles. The molecule has 3 N–H and O–H groups in total. The molecule has 106 valence electrons. The molecule has 0 spiro atoms. The van der Waals surface area contributed by atoms with Crippen LogP contribution < -0.4 is 10.5 Å². The number of nitrogens with zero attached hydrogens (tertiary/aromatic N) is 1. The second kappa shape index (κ2) is 7.49. The summed E-state index contributed by atoms with van der Waals surface area (Å²) >= 11 is 4.75. The van der Waals surface area contributed by atoms with Gasteiger partial charge in [0.1, 0.15) is 9.88 Å². The fourth-order valence-corrected chi connectivity index (χ4v) is 2.43. The highest BCUT2D eigenvalue weighted by atomic mass is 32.2. The van der Waals surface area contributed by atoms with Crippen LogP contribution in [0.5, 0.6) is 0 Å². The number of sulfonamides is 1. The zero-order valence-corrected chi connectivity index (χ0v) is 12.3. The zero-order chi connectivity index (χ0) is 14.3. The lowest BCUT2D eigenvalue weighted by Crippen LogP contribution is -2.26. The van der Waals surface area contributed by atoms with Crippen LogP contribution in [0.15, 0.2) is 23.2 Å². The van der Waals surface area contributed by atoms with Gasteiger partial charge in [0, 0.05) is 26.0 Å². The van der Waals surface area contributed by atoms with E-state index in [1.54, 1.807) is 0 Å². The summed E-state index contributed by atoms with van der Waals surface area (Å²) in [7, 11) is -3.54. The van der Waals surface area contributed by atoms with Crippen LogP contribution in [0.2, 0.25) is 0 Å². The number of hydrogen-bond donors (Lipinski definition) is 2. The zero-order valence-electron chi connectivity index (χ0n) is 10.6. The monoisotopic (exact) mass is 303 g/mol. The summed E-state index contributed by atoms with van der Waals surface area (Å²) in [5.41, 5.74) is 5.78. The summed E-state index contributed by atoms with van der Waals surface area (Å²) < 4.78 is 31.4. The summed E-state index contributed by atoms with van der Waals surface area (Å²) in [6.45, 7) is 3.35. The first kappa shape index (κ1) is 16.0. The highest BCUT2D eigenvalue weighted by Crippen LogP contribution is 2.07. The molecular formula is C11H17N3O3S2. The Hall–Kier alpha value is -1.09. The molecule has 0 amide bonds. The predicted molar refractivity (Wildman–Crippen MR) is 76.4 cm³/mol. The van der Waals surface area contributed by atoms with Crippen molar-refractivity contribution in [2.75, 3.05) is 19.8 Å². The predicted octanol–water partition coefficient (Wildman–Crippen LogP) is 0.421. The van der Waals surface area contributed by atoms with Crippen LogP contribution in [0.3, 0.4) is 0 Å². The van der Waals surface area contributed by atoms with Crippen LogP contribution in [-0.4, -0.2) is 38.1 Å². The van der Waals surface area contributed by atoms with E-state index >= 15 is 0 Å². The van der Waals surface area contributed by atoms with E-state index in [-0.39, 0.29) is 9.88 Å². The molecule has 0 unspecified atom stereocenters. The molecule has 19 heavy (non-hydrogen) atoms. The van der Waals surface area contributed by atoms with Crippen molar-refractivity contribution < 1.29 is 13.2 Å². The highest BCUT2D eigenvalue weighted by Gasteiger charge is 2.13. The van der Waals surface area contributed by atoms with Crippen molar-refractivity contribution in [2.45, 2.75) is 18.2 Å². The first-order valence-electron chi connectivity index (χ1n) is 5.80. The summed E-state index contributed by atoms with van der Waals surface area (Å²) in [4.78, 5) is 4.11. The van der Waals surface area contributed by atoms with Crippen molar-refractivity contribution in [1.82, 2.24) is 9.71 Å². The van der Waals surface area contributed by atoms with Crippen LogP contribution in [0.25, 0.3) is 0 Å². The van der Waals surface area contributed by atoms with Gasteiger partial charge in [-0.1, -0.05) is 12.2 Å². The molecule has 0 aromatic carbocycles. The number of thiocarbonyl (C=S) groups is 1. The standard InChI is InChI=1S/C11H17N3O3S2/c1-2-17-7-3-6-14-19(15,16)9-4-5-10(11(12)18)13-8-9/h4-5,8,14H,2-3,6-7H2,1H3,(H2,12,18). The number of hydrogen-bond acceptors (Lipinski definition) is 5. The van der Waals surface area contributed by atoms with Crippen molar-refractivity contribution in [3.8, 4) is 0 Å². The normalized spacial score (nSPS) is 11.4. The maximum Gasteiger partial charge on any atom is 0.242 e. The van der Waals surface area contributed by atoms with Gasteiger partial charge in [0.25, 0.3) is 0 Å². The van der Waals surface area contributed by atoms with E-state index in [0.29, 0.717) is 31.9 Å². The van der Waals surface area contributed by atoms with Gasteiger partial charge in [0.15, 0.2) is 0 Å². The lowest BCUT2D eigenvalue weighted by Gasteiger charge is -2.07. The van der Waals surface area contributed by atoms with E-state index in [2.05, 4.69) is 9.71 Å². The van der Waals surface area contributed by atoms with Gasteiger partial charge < -0.3 is 10.5 Å². The Morgan fingerprint density at radius 1 is 1.53 bits per heavy atom. The van der Waals surface area contributed by atoms with Gasteiger partial charge in [0.2, 0.25) is 10.0 Å². The molecule has 0 fully saturated rings. The molecule has 0 atom stereocenters. The largest absolute Gasteiger partial charge is 0.388 e. The number of rotatable bonds is 8. The summed E-state index contributed by atoms with van der Waals surface area (Å²) in [6.07, 6.45) is 1.85. The molecule has 1 rings (SSSR count). The number of aromatic nitrogens is 1. The number of ether oxygens (including phenoxy) is 1. The quantitative estimate of drug-likeness (QED) is 0.534. The van der Waals surface area contributed by atoms with Crippen LogP contribution in [-0.2, 0) is 14.8 Å². The highest BCUT2D eigenvalue weighted by molar-refractivity contribution is 7.89. The van der Waals surface area contributed by atoms with E-state index in [1.807, 2.05) is 6.92 Å². The van der Waals surface area contributed by atoms with Gasteiger partial charge in [-0.15, -0.1) is 0 Å². The van der Waals surface area contributed by atoms with Gasteiger partial charge in [-0.3, -0.25) is 4.98 Å². The summed E-state index contributed by atoms with van der Waals surface area (Å²) in [6, 6.07) is 2.91. The topological polar surface area (TPSA) is 94.3 Å². The Bertz CT molecular complexity index is 514. The van der Waals surface area contributed by atoms with Crippen LogP contribution >= 0.6 is 12.2 Å². The van der Waals surface area contributed by atoms with Crippen LogP contribution in [0, 0.1) is 0 Å². The molecule has 0 saturated heterocycles. The molecule has 0 aliphatic heterocycles. The smallest absolute Gasteiger partial charge is 0.242 e. The van der Waals surface area contributed by atoms with Gasteiger partial charge in [-0.25, -0.2) is 13.1 Å². The van der Waals surface area contributed by atoms with Gasteiger partial charge >= 0.3 is 0 Å². The van der Waals surface area contributed by atoms with Crippen molar-refractivity contribution >= 4 is 27.2 Å². The van der Waals surface area contributed by atoms with Crippen LogP contribution in [0.4, 0.5) is 0 Å². The van der Waals surface area contributed by atoms with E-state index in [9.17, 15) is 8.42 Å². The maximum atomic E-state index is 11.9. The van der Waals surface area contributed by atoms with Gasteiger partial charge in [-0.2, -0.15) is 0 Å². The van der Waals surface area contributed by atoms with Crippen molar-refractivity contribution in [1.29, 1.82) is 0 Å². The Kier molecular flexibility index (Phi) is 6.29. The minimum absolute atomic E-state index is 0.0870. The molecule has 0 aliphatic carbocycles. The third-order valence-corrected chi connectivity index (χ3v) is 3.92. The minimum Gasteiger partial charge on any atom is -0.388 e. The Morgan fingerprint density at radius 3 is 2.79 bits per heavy atom. The second-order valence-electron chi connectivity index (χ2n) is 3.69. The maximum absolute atomic E-state index is 11.9. The third kappa shape index (κ3) is 5.19. The van der Waals surface area contributed by atoms with Gasteiger partial charge in [-0.05, 0) is 25.5 Å². The van der Waals surface area contributed by atoms with Crippen molar-refractivity contribution in [3.05, 3.63) is 24.0 Å². The molecule has 0 aliphatic rings. The Balaban J connectivity index is 2.59. The molecule has 1 aromatic rings. The Labute approximate surface area is 118 Å². The summed E-state index contributed by atoms with van der Waals surface area (Å²) in [5, 5.41) is 0.